The zero-order valence-electron chi connectivity index (χ0n) is 9.45. The van der Waals surface area contributed by atoms with Crippen molar-refractivity contribution in [3.63, 3.8) is 0 Å². The molecule has 0 bridgehead atoms. The number of halogens is 2. The molecule has 2 nitrogen and oxygen atoms in total. The predicted molar refractivity (Wildman–Crippen MR) is 62.1 cm³/mol. The van der Waals surface area contributed by atoms with Gasteiger partial charge in [0.1, 0.15) is 0 Å². The number of hydrogen-bond acceptors (Lipinski definition) is 2. The molecule has 0 spiro atoms. The summed E-state index contributed by atoms with van der Waals surface area (Å²) in [6.45, 7) is 1.32. The normalized spacial score (nSPS) is 12.0. The molecule has 4 heteroatoms. The van der Waals surface area contributed by atoms with E-state index in [1.165, 1.54) is 12.1 Å². The Hall–Kier alpha value is -1.55. The van der Waals surface area contributed by atoms with Crippen LogP contribution in [0.5, 0.6) is 0 Å². The second-order valence-electron chi connectivity index (χ2n) is 4.04. The maximum Gasteiger partial charge on any atom is 0.275 e. The summed E-state index contributed by atoms with van der Waals surface area (Å²) in [5, 5.41) is 9.31. The molecule has 0 atom stereocenters. The number of fused-ring (bicyclic) bond motifs is 1. The summed E-state index contributed by atoms with van der Waals surface area (Å²) in [6, 6.07) is 7.94. The van der Waals surface area contributed by atoms with Crippen molar-refractivity contribution in [3.8, 4) is 0 Å². The third-order valence-electron chi connectivity index (χ3n) is 2.68. The van der Waals surface area contributed by atoms with Crippen LogP contribution in [-0.2, 0) is 5.92 Å². The molecule has 0 amide bonds. The Morgan fingerprint density at radius 2 is 2.00 bits per heavy atom. The van der Waals surface area contributed by atoms with Gasteiger partial charge >= 0.3 is 0 Å². The van der Waals surface area contributed by atoms with E-state index in [0.717, 1.165) is 5.69 Å². The summed E-state index contributed by atoms with van der Waals surface area (Å²) >= 11 is 0. The zero-order valence-corrected chi connectivity index (χ0v) is 9.45. The molecule has 90 valence electrons. The first-order valence-corrected chi connectivity index (χ1v) is 5.39. The molecule has 1 aromatic heterocycles. The Kier molecular flexibility index (Phi) is 3.07. The number of rotatable bonds is 3. The van der Waals surface area contributed by atoms with Crippen molar-refractivity contribution in [1.29, 1.82) is 0 Å². The maximum atomic E-state index is 13.6. The molecule has 0 saturated heterocycles. The molecule has 0 fully saturated rings. The summed E-state index contributed by atoms with van der Waals surface area (Å²) in [5.41, 5.74) is 1.48. The first-order chi connectivity index (χ1) is 8.03. The summed E-state index contributed by atoms with van der Waals surface area (Å²) in [7, 11) is 0. The first-order valence-electron chi connectivity index (χ1n) is 5.39. The van der Waals surface area contributed by atoms with Crippen molar-refractivity contribution in [2.75, 3.05) is 6.61 Å². The van der Waals surface area contributed by atoms with Crippen LogP contribution in [0.25, 0.3) is 10.9 Å². The topological polar surface area (TPSA) is 33.1 Å². The van der Waals surface area contributed by atoms with E-state index in [4.69, 9.17) is 5.11 Å². The fraction of sp³-hybridized carbons (Fsp3) is 0.308. The number of aliphatic hydroxyl groups is 1. The molecule has 17 heavy (non-hydrogen) atoms. The SMILES string of the molecule is Cc1ccc2cc(C(F)(F)CCO)ccc2n1. The van der Waals surface area contributed by atoms with Gasteiger partial charge in [-0.1, -0.05) is 12.1 Å². The summed E-state index contributed by atoms with van der Waals surface area (Å²) < 4.78 is 27.2. The van der Waals surface area contributed by atoms with Gasteiger partial charge in [0.25, 0.3) is 5.92 Å². The van der Waals surface area contributed by atoms with Crippen LogP contribution in [-0.4, -0.2) is 16.7 Å². The second kappa shape index (κ2) is 4.37. The summed E-state index contributed by atoms with van der Waals surface area (Å²) in [6.07, 6.45) is -0.558. The Morgan fingerprint density at radius 3 is 2.71 bits per heavy atom. The number of aryl methyl sites for hydroxylation is 1. The van der Waals surface area contributed by atoms with Crippen molar-refractivity contribution in [1.82, 2.24) is 4.98 Å². The van der Waals surface area contributed by atoms with Gasteiger partial charge < -0.3 is 5.11 Å². The van der Waals surface area contributed by atoms with Gasteiger partial charge in [-0.3, -0.25) is 4.98 Å². The van der Waals surface area contributed by atoms with E-state index >= 15 is 0 Å². The fourth-order valence-corrected chi connectivity index (χ4v) is 1.74. The number of pyridine rings is 1. The average Bonchev–Trinajstić information content (AvgIpc) is 2.28. The predicted octanol–water partition coefficient (Wildman–Crippen LogP) is 3.02. The van der Waals surface area contributed by atoms with E-state index in [2.05, 4.69) is 4.98 Å². The lowest BCUT2D eigenvalue weighted by atomic mass is 10.0. The van der Waals surface area contributed by atoms with Crippen molar-refractivity contribution < 1.29 is 13.9 Å². The van der Waals surface area contributed by atoms with E-state index in [1.807, 2.05) is 6.92 Å². The minimum Gasteiger partial charge on any atom is -0.396 e. The highest BCUT2D eigenvalue weighted by molar-refractivity contribution is 5.79. The number of nitrogens with zero attached hydrogens (tertiary/aromatic N) is 1. The van der Waals surface area contributed by atoms with Gasteiger partial charge in [-0.2, -0.15) is 0 Å². The van der Waals surface area contributed by atoms with Crippen molar-refractivity contribution in [2.24, 2.45) is 0 Å². The Labute approximate surface area is 97.9 Å². The molecular formula is C13H13F2NO. The summed E-state index contributed by atoms with van der Waals surface area (Å²) in [4.78, 5) is 4.25. The van der Waals surface area contributed by atoms with Crippen LogP contribution in [0, 0.1) is 6.92 Å². The third-order valence-corrected chi connectivity index (χ3v) is 2.68. The quantitative estimate of drug-likeness (QED) is 0.890. The third kappa shape index (κ3) is 2.42. The van der Waals surface area contributed by atoms with E-state index in [1.54, 1.807) is 18.2 Å². The number of aliphatic hydroxyl groups excluding tert-OH is 1. The highest BCUT2D eigenvalue weighted by Gasteiger charge is 2.30. The molecule has 2 rings (SSSR count). The molecule has 0 unspecified atom stereocenters. The lowest BCUT2D eigenvalue weighted by Gasteiger charge is -2.15. The van der Waals surface area contributed by atoms with Crippen LogP contribution in [0.3, 0.4) is 0 Å². The Bertz CT molecular complexity index is 540. The maximum absolute atomic E-state index is 13.6. The van der Waals surface area contributed by atoms with Gasteiger partial charge in [-0.05, 0) is 25.1 Å². The number of aromatic nitrogens is 1. The van der Waals surface area contributed by atoms with Gasteiger partial charge in [0.2, 0.25) is 0 Å². The van der Waals surface area contributed by atoms with Gasteiger partial charge in [0, 0.05) is 29.7 Å². The molecule has 0 aliphatic rings. The highest BCUT2D eigenvalue weighted by Crippen LogP contribution is 2.32. The molecule has 1 N–H and O–H groups in total. The molecule has 1 aromatic carbocycles. The fourth-order valence-electron chi connectivity index (χ4n) is 1.74. The van der Waals surface area contributed by atoms with Crippen LogP contribution in [0.15, 0.2) is 30.3 Å². The molecule has 1 heterocycles. The van der Waals surface area contributed by atoms with Crippen LogP contribution in [0.4, 0.5) is 8.78 Å². The smallest absolute Gasteiger partial charge is 0.275 e. The van der Waals surface area contributed by atoms with Crippen molar-refractivity contribution in [2.45, 2.75) is 19.3 Å². The molecular weight excluding hydrogens is 224 g/mol. The molecule has 0 saturated carbocycles. The number of benzene rings is 1. The average molecular weight is 237 g/mol. The van der Waals surface area contributed by atoms with Gasteiger partial charge in [-0.15, -0.1) is 0 Å². The molecule has 0 aliphatic carbocycles. The van der Waals surface area contributed by atoms with Crippen LogP contribution >= 0.6 is 0 Å². The van der Waals surface area contributed by atoms with Gasteiger partial charge in [0.15, 0.2) is 0 Å². The lowest BCUT2D eigenvalue weighted by Crippen LogP contribution is -2.15. The molecule has 0 radical (unpaired) electrons. The highest BCUT2D eigenvalue weighted by atomic mass is 19.3. The standard InChI is InChI=1S/C13H13F2NO/c1-9-2-3-10-8-11(4-5-12(10)16-9)13(14,15)6-7-17/h2-5,8,17H,6-7H2,1H3. The zero-order chi connectivity index (χ0) is 12.5. The minimum absolute atomic E-state index is 0.0790. The van der Waals surface area contributed by atoms with Gasteiger partial charge in [-0.25, -0.2) is 8.78 Å². The Morgan fingerprint density at radius 1 is 1.24 bits per heavy atom. The Balaban J connectivity index is 2.48. The van der Waals surface area contributed by atoms with E-state index in [0.29, 0.717) is 10.9 Å². The second-order valence-corrected chi connectivity index (χ2v) is 4.04. The van der Waals surface area contributed by atoms with E-state index < -0.39 is 19.0 Å². The largest absolute Gasteiger partial charge is 0.396 e. The first kappa shape index (κ1) is 11.9. The number of alkyl halides is 2. The monoisotopic (exact) mass is 237 g/mol. The van der Waals surface area contributed by atoms with Crippen LogP contribution in [0.1, 0.15) is 17.7 Å². The summed E-state index contributed by atoms with van der Waals surface area (Å²) in [5.74, 6) is -2.99. The number of hydrogen-bond donors (Lipinski definition) is 1. The van der Waals surface area contributed by atoms with Crippen LogP contribution < -0.4 is 0 Å². The van der Waals surface area contributed by atoms with E-state index in [9.17, 15) is 8.78 Å². The molecule has 0 aliphatic heterocycles. The lowest BCUT2D eigenvalue weighted by molar-refractivity contribution is -0.0268. The van der Waals surface area contributed by atoms with E-state index in [-0.39, 0.29) is 5.56 Å². The molecule has 2 aromatic rings. The van der Waals surface area contributed by atoms with Crippen molar-refractivity contribution >= 4 is 10.9 Å². The van der Waals surface area contributed by atoms with Gasteiger partial charge in [0.05, 0.1) is 5.52 Å². The van der Waals surface area contributed by atoms with Crippen LogP contribution in [0.2, 0.25) is 0 Å². The minimum atomic E-state index is -2.99. The van der Waals surface area contributed by atoms with Crippen molar-refractivity contribution in [3.05, 3.63) is 41.6 Å².